The van der Waals surface area contributed by atoms with Gasteiger partial charge in [-0.15, -0.1) is 0 Å². The number of carboxylic acids is 1. The van der Waals surface area contributed by atoms with Crippen LogP contribution >= 0.6 is 0 Å². The van der Waals surface area contributed by atoms with Crippen LogP contribution < -0.4 is 10.1 Å². The molecule has 0 fully saturated rings. The van der Waals surface area contributed by atoms with Crippen molar-refractivity contribution in [3.05, 3.63) is 42.0 Å². The Morgan fingerprint density at radius 2 is 2.05 bits per heavy atom. The van der Waals surface area contributed by atoms with E-state index in [2.05, 4.69) is 23.5 Å². The highest BCUT2D eigenvalue weighted by Crippen LogP contribution is 2.28. The summed E-state index contributed by atoms with van der Waals surface area (Å²) in [4.78, 5) is 10.5. The quantitative estimate of drug-likeness (QED) is 0.732. The largest absolute Gasteiger partial charge is 0.494 e. The van der Waals surface area contributed by atoms with Gasteiger partial charge in [0, 0.05) is 18.5 Å². The second kappa shape index (κ2) is 7.64. The van der Waals surface area contributed by atoms with E-state index in [0.717, 1.165) is 11.3 Å². The molecule has 2 N–H and O–H groups in total. The van der Waals surface area contributed by atoms with Crippen molar-refractivity contribution >= 4 is 16.7 Å². The summed E-state index contributed by atoms with van der Waals surface area (Å²) in [6.45, 7) is 3.96. The van der Waals surface area contributed by atoms with E-state index in [-0.39, 0.29) is 6.42 Å². The van der Waals surface area contributed by atoms with Crippen molar-refractivity contribution in [2.24, 2.45) is 0 Å². The Bertz CT molecular complexity index is 610. The third-order valence-corrected chi connectivity index (χ3v) is 3.34. The lowest BCUT2D eigenvalue weighted by Gasteiger charge is -2.14. The summed E-state index contributed by atoms with van der Waals surface area (Å²) in [6.07, 6.45) is 0.824. The fraction of sp³-hybridized carbons (Fsp3) is 0.353. The van der Waals surface area contributed by atoms with E-state index < -0.39 is 5.97 Å². The van der Waals surface area contributed by atoms with Gasteiger partial charge < -0.3 is 15.2 Å². The molecule has 0 bridgehead atoms. The minimum Gasteiger partial charge on any atom is -0.494 e. The van der Waals surface area contributed by atoms with Crippen molar-refractivity contribution in [2.45, 2.75) is 26.3 Å². The molecule has 112 valence electrons. The van der Waals surface area contributed by atoms with Gasteiger partial charge in [0.2, 0.25) is 0 Å². The molecule has 21 heavy (non-hydrogen) atoms. The van der Waals surface area contributed by atoms with Crippen molar-refractivity contribution in [1.29, 1.82) is 0 Å². The van der Waals surface area contributed by atoms with E-state index in [4.69, 9.17) is 9.84 Å². The van der Waals surface area contributed by atoms with E-state index in [0.29, 0.717) is 26.1 Å². The number of benzene rings is 2. The molecule has 4 nitrogen and oxygen atoms in total. The maximum absolute atomic E-state index is 10.5. The lowest BCUT2D eigenvalue weighted by molar-refractivity contribution is -0.137. The maximum Gasteiger partial charge on any atom is 0.303 e. The first-order valence-corrected chi connectivity index (χ1v) is 7.28. The van der Waals surface area contributed by atoms with Gasteiger partial charge in [-0.1, -0.05) is 30.3 Å². The molecule has 0 radical (unpaired) electrons. The van der Waals surface area contributed by atoms with Crippen LogP contribution in [0.3, 0.4) is 0 Å². The number of hydrogen-bond donors (Lipinski definition) is 2. The zero-order valence-corrected chi connectivity index (χ0v) is 12.3. The van der Waals surface area contributed by atoms with Crippen LogP contribution in [-0.2, 0) is 11.3 Å². The molecular formula is C17H21NO3. The number of carboxylic acid groups (broad SMARTS) is 1. The molecule has 0 heterocycles. The summed E-state index contributed by atoms with van der Waals surface area (Å²) in [7, 11) is 0. The molecule has 0 unspecified atom stereocenters. The van der Waals surface area contributed by atoms with Crippen molar-refractivity contribution in [3.63, 3.8) is 0 Å². The number of nitrogens with one attached hydrogen (secondary N) is 1. The minimum atomic E-state index is -0.753. The molecule has 0 saturated carbocycles. The first-order chi connectivity index (χ1) is 10.2. The topological polar surface area (TPSA) is 58.6 Å². The Morgan fingerprint density at radius 1 is 1.24 bits per heavy atom. The number of carbonyl (C=O) groups is 1. The Balaban J connectivity index is 2.11. The van der Waals surface area contributed by atoms with E-state index in [9.17, 15) is 4.79 Å². The van der Waals surface area contributed by atoms with Crippen molar-refractivity contribution in [1.82, 2.24) is 5.32 Å². The number of rotatable bonds is 8. The van der Waals surface area contributed by atoms with Crippen LogP contribution in [0.25, 0.3) is 10.8 Å². The van der Waals surface area contributed by atoms with Gasteiger partial charge in [-0.05, 0) is 36.7 Å². The fourth-order valence-electron chi connectivity index (χ4n) is 2.37. The molecule has 0 aromatic heterocycles. The lowest BCUT2D eigenvalue weighted by atomic mass is 10.0. The molecule has 2 aromatic rings. The number of ether oxygens (including phenoxy) is 1. The van der Waals surface area contributed by atoms with E-state index in [1.165, 1.54) is 10.8 Å². The van der Waals surface area contributed by atoms with Crippen LogP contribution in [-0.4, -0.2) is 24.2 Å². The number of fused-ring (bicyclic) bond motifs is 1. The molecule has 0 aliphatic rings. The summed E-state index contributed by atoms with van der Waals surface area (Å²) < 4.78 is 5.71. The Morgan fingerprint density at radius 3 is 2.81 bits per heavy atom. The lowest BCUT2D eigenvalue weighted by Crippen LogP contribution is -2.16. The number of hydrogen-bond acceptors (Lipinski definition) is 3. The molecule has 0 amide bonds. The standard InChI is InChI=1S/C17H21NO3/c1-2-21-16-10-9-13-6-3-4-7-14(13)15(16)12-18-11-5-8-17(19)20/h3-4,6-7,9-10,18H,2,5,8,11-12H2,1H3,(H,19,20). The molecular weight excluding hydrogens is 266 g/mol. The molecule has 4 heteroatoms. The summed E-state index contributed by atoms with van der Waals surface area (Å²) in [5, 5.41) is 14.3. The third kappa shape index (κ3) is 4.20. The van der Waals surface area contributed by atoms with Gasteiger partial charge in [0.15, 0.2) is 0 Å². The molecule has 0 spiro atoms. The van der Waals surface area contributed by atoms with Crippen LogP contribution in [0.15, 0.2) is 36.4 Å². The average Bonchev–Trinajstić information content (AvgIpc) is 2.48. The van der Waals surface area contributed by atoms with Gasteiger partial charge in [0.05, 0.1) is 6.61 Å². The second-order valence-electron chi connectivity index (χ2n) is 4.87. The van der Waals surface area contributed by atoms with Crippen LogP contribution in [0.2, 0.25) is 0 Å². The van der Waals surface area contributed by atoms with Crippen LogP contribution in [0.4, 0.5) is 0 Å². The zero-order chi connectivity index (χ0) is 15.1. The van der Waals surface area contributed by atoms with Crippen molar-refractivity contribution in [3.8, 4) is 5.75 Å². The monoisotopic (exact) mass is 287 g/mol. The normalized spacial score (nSPS) is 10.7. The van der Waals surface area contributed by atoms with Crippen LogP contribution in [0, 0.1) is 0 Å². The highest BCUT2D eigenvalue weighted by Gasteiger charge is 2.08. The fourth-order valence-corrected chi connectivity index (χ4v) is 2.37. The maximum atomic E-state index is 10.5. The molecule has 2 rings (SSSR count). The first kappa shape index (κ1) is 15.3. The predicted molar refractivity (Wildman–Crippen MR) is 83.7 cm³/mol. The first-order valence-electron chi connectivity index (χ1n) is 7.28. The Kier molecular flexibility index (Phi) is 5.58. The summed E-state index contributed by atoms with van der Waals surface area (Å²) >= 11 is 0. The molecule has 0 aliphatic carbocycles. The van der Waals surface area contributed by atoms with E-state index >= 15 is 0 Å². The summed E-state index contributed by atoms with van der Waals surface area (Å²) in [6, 6.07) is 12.3. The number of aliphatic carboxylic acids is 1. The van der Waals surface area contributed by atoms with Gasteiger partial charge in [-0.3, -0.25) is 4.79 Å². The van der Waals surface area contributed by atoms with Gasteiger partial charge in [0.25, 0.3) is 0 Å². The molecule has 0 aliphatic heterocycles. The van der Waals surface area contributed by atoms with Gasteiger partial charge in [-0.25, -0.2) is 0 Å². The molecule has 0 saturated heterocycles. The highest BCUT2D eigenvalue weighted by atomic mass is 16.5. The summed E-state index contributed by atoms with van der Waals surface area (Å²) in [5.74, 6) is 0.138. The predicted octanol–water partition coefficient (Wildman–Crippen LogP) is 3.19. The van der Waals surface area contributed by atoms with Crippen LogP contribution in [0.1, 0.15) is 25.3 Å². The second-order valence-corrected chi connectivity index (χ2v) is 4.87. The Labute approximate surface area is 124 Å². The van der Waals surface area contributed by atoms with Gasteiger partial charge in [-0.2, -0.15) is 0 Å². The Hall–Kier alpha value is -2.07. The average molecular weight is 287 g/mol. The van der Waals surface area contributed by atoms with Gasteiger partial charge >= 0.3 is 5.97 Å². The van der Waals surface area contributed by atoms with Crippen molar-refractivity contribution in [2.75, 3.05) is 13.2 Å². The van der Waals surface area contributed by atoms with Crippen molar-refractivity contribution < 1.29 is 14.6 Å². The minimum absolute atomic E-state index is 0.195. The smallest absolute Gasteiger partial charge is 0.303 e. The molecule has 2 aromatic carbocycles. The molecule has 0 atom stereocenters. The third-order valence-electron chi connectivity index (χ3n) is 3.34. The van der Waals surface area contributed by atoms with Gasteiger partial charge in [0.1, 0.15) is 5.75 Å². The summed E-state index contributed by atoms with van der Waals surface area (Å²) in [5.41, 5.74) is 1.13. The highest BCUT2D eigenvalue weighted by molar-refractivity contribution is 5.87. The van der Waals surface area contributed by atoms with Crippen LogP contribution in [0.5, 0.6) is 5.75 Å². The zero-order valence-electron chi connectivity index (χ0n) is 12.3. The van der Waals surface area contributed by atoms with E-state index in [1.807, 2.05) is 25.1 Å². The SMILES string of the molecule is CCOc1ccc2ccccc2c1CNCCCC(=O)O. The van der Waals surface area contributed by atoms with E-state index in [1.54, 1.807) is 0 Å².